The highest BCUT2D eigenvalue weighted by molar-refractivity contribution is 7.22. The van der Waals surface area contributed by atoms with Gasteiger partial charge in [-0.2, -0.15) is 4.68 Å². The van der Waals surface area contributed by atoms with Gasteiger partial charge in [-0.3, -0.25) is 0 Å². The lowest BCUT2D eigenvalue weighted by Gasteiger charge is -2.09. The van der Waals surface area contributed by atoms with E-state index in [1.807, 2.05) is 49.4 Å². The van der Waals surface area contributed by atoms with Crippen LogP contribution in [0.1, 0.15) is 5.56 Å². The molecule has 0 aliphatic rings. The maximum Gasteiger partial charge on any atom is 0.189 e. The summed E-state index contributed by atoms with van der Waals surface area (Å²) < 4.78 is 2.72. The third-order valence-electron chi connectivity index (χ3n) is 4.26. The van der Waals surface area contributed by atoms with Crippen molar-refractivity contribution in [3.8, 4) is 5.82 Å². The van der Waals surface area contributed by atoms with Gasteiger partial charge in [0.05, 0.1) is 15.7 Å². The molecule has 0 amide bonds. The van der Waals surface area contributed by atoms with E-state index in [1.54, 1.807) is 16.0 Å². The monoisotopic (exact) mass is 374 g/mol. The Labute approximate surface area is 157 Å². The maximum atomic E-state index is 6.34. The summed E-state index contributed by atoms with van der Waals surface area (Å²) in [7, 11) is 0. The average Bonchev–Trinajstić information content (AvgIpc) is 3.28. The average molecular weight is 374 g/mol. The molecule has 0 unspecified atom stereocenters. The standard InChI is InChI=1S/C18H14N8S/c1-10-5-4-8-13-15(10)22-18(27-13)23-16-14(19)17(21-9-20-16)26-12-7-3-2-6-11(12)24-25-26/h2-9H,19H2,1H3,(H,20,21,22,23). The molecule has 3 N–H and O–H groups in total. The van der Waals surface area contributed by atoms with Crippen molar-refractivity contribution in [2.75, 3.05) is 11.1 Å². The minimum absolute atomic E-state index is 0.379. The number of nitrogens with one attached hydrogen (secondary N) is 1. The van der Waals surface area contributed by atoms with E-state index in [0.29, 0.717) is 17.3 Å². The zero-order valence-electron chi connectivity index (χ0n) is 14.3. The summed E-state index contributed by atoms with van der Waals surface area (Å²) in [6.07, 6.45) is 1.45. The number of nitrogens with zero attached hydrogens (tertiary/aromatic N) is 6. The fraction of sp³-hybridized carbons (Fsp3) is 0.0556. The first-order chi connectivity index (χ1) is 13.2. The van der Waals surface area contributed by atoms with Gasteiger partial charge in [0.1, 0.15) is 17.5 Å². The third-order valence-corrected chi connectivity index (χ3v) is 5.20. The predicted molar refractivity (Wildman–Crippen MR) is 107 cm³/mol. The molecule has 0 fully saturated rings. The Morgan fingerprint density at radius 2 is 1.96 bits per heavy atom. The molecular formula is C18H14N8S. The molecule has 0 bridgehead atoms. The van der Waals surface area contributed by atoms with Gasteiger partial charge in [0.25, 0.3) is 0 Å². The van der Waals surface area contributed by atoms with Gasteiger partial charge >= 0.3 is 0 Å². The van der Waals surface area contributed by atoms with E-state index >= 15 is 0 Å². The number of nitrogen functional groups attached to an aromatic ring is 1. The van der Waals surface area contributed by atoms with Crippen molar-refractivity contribution in [2.45, 2.75) is 6.92 Å². The molecule has 0 aliphatic carbocycles. The first-order valence-corrected chi connectivity index (χ1v) is 9.07. The number of para-hydroxylation sites is 2. The van der Waals surface area contributed by atoms with Crippen LogP contribution in [0.4, 0.5) is 16.6 Å². The van der Waals surface area contributed by atoms with Crippen LogP contribution in [-0.4, -0.2) is 29.9 Å². The molecular weight excluding hydrogens is 360 g/mol. The van der Waals surface area contributed by atoms with E-state index in [2.05, 4.69) is 30.6 Å². The molecule has 0 saturated heterocycles. The number of aromatic nitrogens is 6. The molecule has 0 atom stereocenters. The van der Waals surface area contributed by atoms with Crippen molar-refractivity contribution in [3.63, 3.8) is 0 Å². The number of nitrogens with two attached hydrogens (primary N) is 1. The van der Waals surface area contributed by atoms with E-state index in [-0.39, 0.29) is 0 Å². The number of hydrogen-bond donors (Lipinski definition) is 2. The lowest BCUT2D eigenvalue weighted by Crippen LogP contribution is -2.08. The number of benzene rings is 2. The fourth-order valence-corrected chi connectivity index (χ4v) is 3.86. The number of anilines is 3. The summed E-state index contributed by atoms with van der Waals surface area (Å²) in [6, 6.07) is 13.7. The highest BCUT2D eigenvalue weighted by Crippen LogP contribution is 2.32. The van der Waals surface area contributed by atoms with Crippen LogP contribution in [-0.2, 0) is 0 Å². The quantitative estimate of drug-likeness (QED) is 0.498. The molecule has 0 spiro atoms. The van der Waals surface area contributed by atoms with Crippen molar-refractivity contribution in [1.29, 1.82) is 0 Å². The van der Waals surface area contributed by atoms with E-state index in [9.17, 15) is 0 Å². The number of hydrogen-bond acceptors (Lipinski definition) is 8. The normalized spacial score (nSPS) is 11.3. The van der Waals surface area contributed by atoms with Crippen LogP contribution in [0.25, 0.3) is 27.1 Å². The van der Waals surface area contributed by atoms with Gasteiger partial charge in [0.2, 0.25) is 0 Å². The topological polar surface area (TPSA) is 107 Å². The van der Waals surface area contributed by atoms with Gasteiger partial charge in [-0.05, 0) is 30.7 Å². The highest BCUT2D eigenvalue weighted by atomic mass is 32.1. The summed E-state index contributed by atoms with van der Waals surface area (Å²) >= 11 is 1.55. The van der Waals surface area contributed by atoms with Gasteiger partial charge in [-0.15, -0.1) is 5.10 Å². The van der Waals surface area contributed by atoms with Gasteiger partial charge in [-0.25, -0.2) is 15.0 Å². The second-order valence-corrected chi connectivity index (χ2v) is 7.05. The van der Waals surface area contributed by atoms with E-state index in [0.717, 1.165) is 31.9 Å². The fourth-order valence-electron chi connectivity index (χ4n) is 2.92. The Morgan fingerprint density at radius 1 is 1.07 bits per heavy atom. The van der Waals surface area contributed by atoms with Crippen molar-refractivity contribution in [1.82, 2.24) is 29.9 Å². The Balaban J connectivity index is 1.57. The van der Waals surface area contributed by atoms with Crippen molar-refractivity contribution < 1.29 is 0 Å². The van der Waals surface area contributed by atoms with E-state index < -0.39 is 0 Å². The minimum Gasteiger partial charge on any atom is -0.393 e. The summed E-state index contributed by atoms with van der Waals surface area (Å²) in [5, 5.41) is 12.3. The van der Waals surface area contributed by atoms with Crippen molar-refractivity contribution >= 4 is 49.2 Å². The summed E-state index contributed by atoms with van der Waals surface area (Å²) in [6.45, 7) is 2.04. The molecule has 3 heterocycles. The van der Waals surface area contributed by atoms with E-state index in [4.69, 9.17) is 5.73 Å². The van der Waals surface area contributed by atoms with E-state index in [1.165, 1.54) is 6.33 Å². The number of rotatable bonds is 3. The number of thiazole rings is 1. The summed E-state index contributed by atoms with van der Waals surface area (Å²) in [4.78, 5) is 13.2. The van der Waals surface area contributed by atoms with Gasteiger partial charge in [0, 0.05) is 0 Å². The van der Waals surface area contributed by atoms with Crippen LogP contribution < -0.4 is 11.1 Å². The second-order valence-electron chi connectivity index (χ2n) is 6.02. The van der Waals surface area contributed by atoms with Crippen LogP contribution in [0, 0.1) is 6.92 Å². The predicted octanol–water partition coefficient (Wildman–Crippen LogP) is 3.45. The highest BCUT2D eigenvalue weighted by Gasteiger charge is 2.15. The molecule has 0 aliphatic heterocycles. The lowest BCUT2D eigenvalue weighted by atomic mass is 10.2. The molecule has 8 nitrogen and oxygen atoms in total. The van der Waals surface area contributed by atoms with Crippen molar-refractivity contribution in [2.24, 2.45) is 0 Å². The first kappa shape index (κ1) is 15.6. The number of aryl methyl sites for hydroxylation is 1. The minimum atomic E-state index is 0.379. The molecule has 5 rings (SSSR count). The SMILES string of the molecule is Cc1cccc2sc(Nc3ncnc(-n4nnc5ccccc54)c3N)nc12. The van der Waals surface area contributed by atoms with Crippen LogP contribution in [0.3, 0.4) is 0 Å². The molecule has 5 aromatic rings. The molecule has 132 valence electrons. The third kappa shape index (κ3) is 2.56. The van der Waals surface area contributed by atoms with Gasteiger partial charge in [0.15, 0.2) is 16.8 Å². The Hall–Kier alpha value is -3.59. The lowest BCUT2D eigenvalue weighted by molar-refractivity contribution is 0.800. The van der Waals surface area contributed by atoms with Crippen molar-refractivity contribution in [3.05, 3.63) is 54.4 Å². The van der Waals surface area contributed by atoms with Crippen LogP contribution in [0.2, 0.25) is 0 Å². The molecule has 0 radical (unpaired) electrons. The van der Waals surface area contributed by atoms with Gasteiger partial charge < -0.3 is 11.1 Å². The second kappa shape index (κ2) is 5.99. The molecule has 3 aromatic heterocycles. The largest absolute Gasteiger partial charge is 0.393 e. The van der Waals surface area contributed by atoms with Gasteiger partial charge in [-0.1, -0.05) is 40.8 Å². The molecule has 0 saturated carbocycles. The van der Waals surface area contributed by atoms with Crippen LogP contribution in [0.5, 0.6) is 0 Å². The summed E-state index contributed by atoms with van der Waals surface area (Å²) in [5.74, 6) is 0.954. The van der Waals surface area contributed by atoms with Crippen LogP contribution >= 0.6 is 11.3 Å². The Morgan fingerprint density at radius 3 is 2.85 bits per heavy atom. The molecule has 9 heteroatoms. The van der Waals surface area contributed by atoms with Crippen LogP contribution in [0.15, 0.2) is 48.8 Å². The summed E-state index contributed by atoms with van der Waals surface area (Å²) in [5.41, 5.74) is 10.4. The zero-order chi connectivity index (χ0) is 18.4. The Bertz CT molecular complexity index is 1290. The first-order valence-electron chi connectivity index (χ1n) is 8.25. The number of fused-ring (bicyclic) bond motifs is 2. The zero-order valence-corrected chi connectivity index (χ0v) is 15.1. The molecule has 2 aromatic carbocycles. The Kier molecular flexibility index (Phi) is 3.47. The maximum absolute atomic E-state index is 6.34. The molecule has 27 heavy (non-hydrogen) atoms. The smallest absolute Gasteiger partial charge is 0.189 e.